The van der Waals surface area contributed by atoms with Gasteiger partial charge in [-0.2, -0.15) is 0 Å². The van der Waals surface area contributed by atoms with E-state index in [1.165, 1.54) is 30.6 Å². The Bertz CT molecular complexity index is 441. The van der Waals surface area contributed by atoms with Crippen molar-refractivity contribution in [1.29, 1.82) is 0 Å². The Labute approximate surface area is 134 Å². The first-order valence-corrected chi connectivity index (χ1v) is 8.43. The Morgan fingerprint density at radius 1 is 1.19 bits per heavy atom. The van der Waals surface area contributed by atoms with Gasteiger partial charge in [-0.15, -0.1) is 0 Å². The van der Waals surface area contributed by atoms with Gasteiger partial charge >= 0.3 is 6.03 Å². The molecule has 2 unspecified atom stereocenters. The molecule has 7 heteroatoms. The van der Waals surface area contributed by atoms with Crippen molar-refractivity contribution in [2.75, 3.05) is 13.6 Å². The van der Waals surface area contributed by atoms with Gasteiger partial charge in [0.05, 0.1) is 0 Å². The molecule has 0 bridgehead atoms. The number of likely N-dealkylation sites (N-methyl/N-ethyl adjacent to an activating group) is 1. The van der Waals surface area contributed by atoms with Gasteiger partial charge in [-0.05, 0) is 22.4 Å². The maximum absolute atomic E-state index is 12.1. The lowest BCUT2D eigenvalue weighted by molar-refractivity contribution is -0.127. The summed E-state index contributed by atoms with van der Waals surface area (Å²) in [5.74, 6) is -0.257. The fraction of sp³-hybridized carbons (Fsp3) is 0.786. The van der Waals surface area contributed by atoms with Crippen molar-refractivity contribution >= 4 is 32.6 Å². The molecule has 21 heavy (non-hydrogen) atoms. The number of imide groups is 1. The molecule has 0 aromatic heterocycles. The van der Waals surface area contributed by atoms with Crippen molar-refractivity contribution in [3.63, 3.8) is 0 Å². The molecular weight excluding hydrogens is 336 g/mol. The number of rotatable bonds is 7. The van der Waals surface area contributed by atoms with Gasteiger partial charge in [-0.3, -0.25) is 10.1 Å². The van der Waals surface area contributed by atoms with Crippen molar-refractivity contribution in [2.45, 2.75) is 57.7 Å². The molecule has 3 amide bonds. The molecule has 2 aliphatic rings. The molecule has 6 nitrogen and oxygen atoms in total. The van der Waals surface area contributed by atoms with Crippen LogP contribution in [0, 0.1) is 0 Å². The summed E-state index contributed by atoms with van der Waals surface area (Å²) >= 11 is 3.42. The van der Waals surface area contributed by atoms with Crippen LogP contribution in [0.1, 0.15) is 45.4 Å². The number of halogens is 1. The Kier molecular flexibility index (Phi) is 5.61. The Morgan fingerprint density at radius 2 is 1.86 bits per heavy atom. The first-order valence-electron chi connectivity index (χ1n) is 7.64. The predicted molar refractivity (Wildman–Crippen MR) is 85.3 cm³/mol. The topological polar surface area (TPSA) is 65.0 Å². The number of hydrogen-bond donors (Lipinski definition) is 1. The lowest BCUT2D eigenvalue weighted by atomic mass is 10.1. The lowest BCUT2D eigenvalue weighted by Crippen LogP contribution is -2.63. The molecular formula is C14H23BrN4O2. The quantitative estimate of drug-likeness (QED) is 0.560. The molecule has 2 rings (SSSR count). The third-order valence-corrected chi connectivity index (χ3v) is 4.72. The number of amides is 3. The van der Waals surface area contributed by atoms with E-state index in [9.17, 15) is 9.59 Å². The molecule has 0 radical (unpaired) electrons. The average molecular weight is 359 g/mol. The third kappa shape index (κ3) is 3.56. The van der Waals surface area contributed by atoms with E-state index < -0.39 is 12.2 Å². The zero-order valence-electron chi connectivity index (χ0n) is 12.6. The molecule has 118 valence electrons. The molecule has 1 N–H and O–H groups in total. The van der Waals surface area contributed by atoms with Crippen molar-refractivity contribution < 1.29 is 9.59 Å². The summed E-state index contributed by atoms with van der Waals surface area (Å²) in [6.45, 7) is 2.99. The fourth-order valence-electron chi connectivity index (χ4n) is 2.79. The molecule has 0 aliphatic carbocycles. The Morgan fingerprint density at radius 3 is 2.57 bits per heavy atom. The third-order valence-electron chi connectivity index (χ3n) is 4.06. The van der Waals surface area contributed by atoms with Crippen molar-refractivity contribution in [3.05, 3.63) is 0 Å². The summed E-state index contributed by atoms with van der Waals surface area (Å²) in [6, 6.07) is -0.788. The number of fused-ring (bicyclic) bond motifs is 1. The van der Waals surface area contributed by atoms with Gasteiger partial charge in [-0.25, -0.2) is 9.79 Å². The number of carbonyl (C=O) groups is 2. The average Bonchev–Trinajstić information content (AvgIpc) is 2.78. The fourth-order valence-corrected chi connectivity index (χ4v) is 3.39. The van der Waals surface area contributed by atoms with E-state index in [1.54, 1.807) is 7.05 Å². The van der Waals surface area contributed by atoms with Crippen LogP contribution in [0.5, 0.6) is 0 Å². The van der Waals surface area contributed by atoms with E-state index >= 15 is 0 Å². The summed E-state index contributed by atoms with van der Waals surface area (Å²) in [5.41, 5.74) is 0. The zero-order chi connectivity index (χ0) is 15.4. The van der Waals surface area contributed by atoms with Crippen molar-refractivity contribution in [1.82, 2.24) is 15.1 Å². The maximum atomic E-state index is 12.1. The van der Waals surface area contributed by atoms with Gasteiger partial charge in [0, 0.05) is 13.6 Å². The molecule has 0 aromatic rings. The highest BCUT2D eigenvalue weighted by atomic mass is 79.9. The van der Waals surface area contributed by atoms with Crippen molar-refractivity contribution in [3.8, 4) is 0 Å². The molecule has 2 heterocycles. The number of urea groups is 1. The molecule has 0 saturated carbocycles. The standard InChI is InChI=1S/C14H23BrN4O2/c1-3-4-5-6-7-8-9-19-10-11(16-13(19)15)18(2)14(21)17-12(10)20/h10-11H,3-9H2,1-2H3,(H,17,20,21). The van der Waals surface area contributed by atoms with Crippen LogP contribution in [-0.2, 0) is 4.79 Å². The zero-order valence-corrected chi connectivity index (χ0v) is 14.2. The molecule has 1 fully saturated rings. The van der Waals surface area contributed by atoms with Crippen LogP contribution in [0.15, 0.2) is 4.99 Å². The minimum atomic E-state index is -0.416. The number of aliphatic imine (C=N–C) groups is 1. The van der Waals surface area contributed by atoms with Crippen LogP contribution in [0.3, 0.4) is 0 Å². The van der Waals surface area contributed by atoms with Gasteiger partial charge in [0.1, 0.15) is 0 Å². The normalized spacial score (nSPS) is 25.0. The van der Waals surface area contributed by atoms with Crippen LogP contribution in [0.2, 0.25) is 0 Å². The van der Waals surface area contributed by atoms with Gasteiger partial charge in [0.2, 0.25) is 0 Å². The smallest absolute Gasteiger partial charge is 0.325 e. The maximum Gasteiger partial charge on any atom is 0.325 e. The van der Waals surface area contributed by atoms with Gasteiger partial charge < -0.3 is 9.80 Å². The summed E-state index contributed by atoms with van der Waals surface area (Å²) in [7, 11) is 1.66. The minimum absolute atomic E-state index is 0.257. The summed E-state index contributed by atoms with van der Waals surface area (Å²) in [4.78, 5) is 31.5. The number of nitrogens with one attached hydrogen (secondary N) is 1. The molecule has 2 atom stereocenters. The van der Waals surface area contributed by atoms with E-state index in [1.807, 2.05) is 4.90 Å². The van der Waals surface area contributed by atoms with E-state index in [-0.39, 0.29) is 11.9 Å². The van der Waals surface area contributed by atoms with Gasteiger partial charge in [0.15, 0.2) is 17.0 Å². The number of hydrogen-bond acceptors (Lipinski definition) is 4. The first-order chi connectivity index (χ1) is 10.1. The van der Waals surface area contributed by atoms with Crippen LogP contribution in [-0.4, -0.2) is 52.3 Å². The van der Waals surface area contributed by atoms with E-state index in [0.29, 0.717) is 4.74 Å². The monoisotopic (exact) mass is 358 g/mol. The molecule has 1 saturated heterocycles. The number of unbranched alkanes of at least 4 members (excludes halogenated alkanes) is 5. The number of carbonyl (C=O) groups excluding carboxylic acids is 2. The Balaban J connectivity index is 1.87. The Hall–Kier alpha value is -1.11. The predicted octanol–water partition coefficient (Wildman–Crippen LogP) is 2.29. The van der Waals surface area contributed by atoms with Gasteiger partial charge in [0.25, 0.3) is 5.91 Å². The SMILES string of the molecule is CCCCCCCCN1C(Br)=NC2C1C(=O)NC(=O)N2C. The highest BCUT2D eigenvalue weighted by Crippen LogP contribution is 2.26. The summed E-state index contributed by atoms with van der Waals surface area (Å²) in [6.07, 6.45) is 6.81. The largest absolute Gasteiger partial charge is 0.335 e. The number of nitrogens with zero attached hydrogens (tertiary/aromatic N) is 3. The van der Waals surface area contributed by atoms with E-state index in [4.69, 9.17) is 0 Å². The van der Waals surface area contributed by atoms with Crippen LogP contribution in [0.25, 0.3) is 0 Å². The second-order valence-electron chi connectivity index (χ2n) is 5.62. The van der Waals surface area contributed by atoms with Crippen LogP contribution < -0.4 is 5.32 Å². The van der Waals surface area contributed by atoms with Crippen LogP contribution in [0.4, 0.5) is 4.79 Å². The van der Waals surface area contributed by atoms with Crippen molar-refractivity contribution in [2.24, 2.45) is 4.99 Å². The molecule has 0 aromatic carbocycles. The van der Waals surface area contributed by atoms with E-state index in [0.717, 1.165) is 19.4 Å². The molecule has 0 spiro atoms. The highest BCUT2D eigenvalue weighted by molar-refractivity contribution is 9.18. The highest BCUT2D eigenvalue weighted by Gasteiger charge is 2.47. The van der Waals surface area contributed by atoms with Crippen LogP contribution >= 0.6 is 15.9 Å². The molecule has 2 aliphatic heterocycles. The second kappa shape index (κ2) is 7.24. The minimum Gasteiger partial charge on any atom is -0.335 e. The lowest BCUT2D eigenvalue weighted by Gasteiger charge is -2.35. The summed E-state index contributed by atoms with van der Waals surface area (Å²) < 4.78 is 0.669. The second-order valence-corrected chi connectivity index (χ2v) is 6.33. The number of amidine groups is 1. The summed E-state index contributed by atoms with van der Waals surface area (Å²) in [5, 5.41) is 2.38. The van der Waals surface area contributed by atoms with E-state index in [2.05, 4.69) is 33.2 Å². The first kappa shape index (κ1) is 16.3. The van der Waals surface area contributed by atoms with Gasteiger partial charge in [-0.1, -0.05) is 39.0 Å².